The molecule has 0 saturated heterocycles. The number of fused-ring (bicyclic) bond motifs is 1. The lowest BCUT2D eigenvalue weighted by atomic mass is 10.0. The molecule has 0 fully saturated rings. The fourth-order valence-corrected chi connectivity index (χ4v) is 2.93. The van der Waals surface area contributed by atoms with E-state index >= 15 is 0 Å². The van der Waals surface area contributed by atoms with Crippen LogP contribution in [0.5, 0.6) is 0 Å². The van der Waals surface area contributed by atoms with Gasteiger partial charge in [0.15, 0.2) is 0 Å². The van der Waals surface area contributed by atoms with Crippen molar-refractivity contribution in [3.63, 3.8) is 0 Å². The largest absolute Gasteiger partial charge is 0.352 e. The lowest BCUT2D eigenvalue weighted by molar-refractivity contribution is 0.889. The molecule has 0 atom stereocenters. The Hall–Kier alpha value is -2.48. The summed E-state index contributed by atoms with van der Waals surface area (Å²) in [5, 5.41) is 3.55. The molecule has 0 aromatic heterocycles. The van der Waals surface area contributed by atoms with E-state index in [1.54, 1.807) is 0 Å². The topological polar surface area (TPSA) is 15.3 Å². The molecule has 0 radical (unpaired) electrons. The molecule has 2 nitrogen and oxygen atoms in total. The monoisotopic (exact) mass is 260 g/mol. The number of hydrogen-bond donors (Lipinski definition) is 1. The maximum Gasteiger partial charge on any atom is 0.0694 e. The number of anilines is 3. The lowest BCUT2D eigenvalue weighted by Gasteiger charge is -2.36. The van der Waals surface area contributed by atoms with Crippen molar-refractivity contribution in [2.75, 3.05) is 10.2 Å². The van der Waals surface area contributed by atoms with Crippen molar-refractivity contribution in [3.05, 3.63) is 78.1 Å². The summed E-state index contributed by atoms with van der Waals surface area (Å²) in [5.74, 6) is 0. The van der Waals surface area contributed by atoms with Crippen LogP contribution in [0.4, 0.5) is 17.1 Å². The summed E-state index contributed by atoms with van der Waals surface area (Å²) in [6, 6.07) is 19.1. The lowest BCUT2D eigenvalue weighted by Crippen LogP contribution is -2.26. The molecular weight excluding hydrogens is 244 g/mol. The molecule has 2 aliphatic rings. The molecule has 20 heavy (non-hydrogen) atoms. The average molecular weight is 260 g/mol. The smallest absolute Gasteiger partial charge is 0.0694 e. The highest BCUT2D eigenvalue weighted by molar-refractivity contribution is 5.84. The second-order valence-electron chi connectivity index (χ2n) is 5.11. The van der Waals surface area contributed by atoms with Crippen molar-refractivity contribution >= 4 is 17.1 Å². The number of para-hydroxylation sites is 3. The van der Waals surface area contributed by atoms with E-state index in [0.29, 0.717) is 0 Å². The average Bonchev–Trinajstić information content (AvgIpc) is 2.53. The first-order valence-electron chi connectivity index (χ1n) is 7.04. The Morgan fingerprint density at radius 2 is 1.70 bits per heavy atom. The van der Waals surface area contributed by atoms with E-state index in [9.17, 15) is 0 Å². The maximum absolute atomic E-state index is 3.55. The maximum atomic E-state index is 3.55. The Labute approximate surface area is 119 Å². The normalized spacial score (nSPS) is 16.5. The third-order valence-corrected chi connectivity index (χ3v) is 3.84. The highest BCUT2D eigenvalue weighted by Crippen LogP contribution is 2.42. The summed E-state index contributed by atoms with van der Waals surface area (Å²) in [5.41, 5.74) is 6.20. The molecule has 2 heteroatoms. The quantitative estimate of drug-likeness (QED) is 0.791. The predicted octanol–water partition coefficient (Wildman–Crippen LogP) is 4.81. The molecule has 1 N–H and O–H groups in total. The minimum atomic E-state index is 1.07. The van der Waals surface area contributed by atoms with Gasteiger partial charge in [-0.1, -0.05) is 36.4 Å². The Bertz CT molecular complexity index is 698. The van der Waals surface area contributed by atoms with Gasteiger partial charge in [-0.2, -0.15) is 0 Å². The van der Waals surface area contributed by atoms with Crippen LogP contribution in [-0.2, 0) is 0 Å². The van der Waals surface area contributed by atoms with Crippen molar-refractivity contribution in [1.29, 1.82) is 0 Å². The van der Waals surface area contributed by atoms with E-state index in [1.165, 1.54) is 28.5 Å². The molecule has 4 rings (SSSR count). The van der Waals surface area contributed by atoms with Crippen LogP contribution in [-0.4, -0.2) is 0 Å². The van der Waals surface area contributed by atoms with Gasteiger partial charge in [-0.05, 0) is 43.2 Å². The zero-order chi connectivity index (χ0) is 13.4. The van der Waals surface area contributed by atoms with Crippen molar-refractivity contribution in [3.8, 4) is 0 Å². The molecular formula is C18H16N2. The van der Waals surface area contributed by atoms with Gasteiger partial charge in [0.2, 0.25) is 0 Å². The van der Waals surface area contributed by atoms with Crippen LogP contribution in [0.2, 0.25) is 0 Å². The van der Waals surface area contributed by atoms with Crippen LogP contribution in [0.3, 0.4) is 0 Å². The van der Waals surface area contributed by atoms with E-state index in [4.69, 9.17) is 0 Å². The van der Waals surface area contributed by atoms with E-state index in [1.807, 2.05) is 0 Å². The zero-order valence-corrected chi connectivity index (χ0v) is 11.2. The Morgan fingerprint density at radius 1 is 0.900 bits per heavy atom. The fourth-order valence-electron chi connectivity index (χ4n) is 2.93. The summed E-state index contributed by atoms with van der Waals surface area (Å²) in [4.78, 5) is 2.38. The van der Waals surface area contributed by atoms with Gasteiger partial charge in [-0.25, -0.2) is 0 Å². The second-order valence-corrected chi connectivity index (χ2v) is 5.11. The first kappa shape index (κ1) is 11.4. The van der Waals surface area contributed by atoms with Crippen molar-refractivity contribution in [1.82, 2.24) is 0 Å². The fraction of sp³-hybridized carbons (Fsp3) is 0.111. The van der Waals surface area contributed by atoms with E-state index < -0.39 is 0 Å². The van der Waals surface area contributed by atoms with Gasteiger partial charge in [0.25, 0.3) is 0 Å². The summed E-state index contributed by atoms with van der Waals surface area (Å²) in [6.45, 7) is 0. The summed E-state index contributed by atoms with van der Waals surface area (Å²) >= 11 is 0. The summed E-state index contributed by atoms with van der Waals surface area (Å²) < 4.78 is 0. The third-order valence-electron chi connectivity index (χ3n) is 3.84. The molecule has 0 bridgehead atoms. The Balaban J connectivity index is 1.93. The second kappa shape index (κ2) is 4.57. The first-order valence-corrected chi connectivity index (χ1v) is 7.04. The highest BCUT2D eigenvalue weighted by Gasteiger charge is 2.25. The number of allylic oxidation sites excluding steroid dienone is 3. The standard InChI is InChI=1S/C18H16N2/c1-2-8-14(9-3-1)20-17-12-6-4-10-15(17)19-16-11-5-7-13-18(16)20/h1-6,8-12,19H,7,13H2. The van der Waals surface area contributed by atoms with E-state index in [0.717, 1.165) is 12.8 Å². The number of rotatable bonds is 1. The van der Waals surface area contributed by atoms with E-state index in [-0.39, 0.29) is 0 Å². The Morgan fingerprint density at radius 3 is 2.60 bits per heavy atom. The molecule has 1 aliphatic heterocycles. The Kier molecular flexibility index (Phi) is 2.59. The van der Waals surface area contributed by atoms with Crippen molar-refractivity contribution in [2.24, 2.45) is 0 Å². The molecule has 0 unspecified atom stereocenters. The van der Waals surface area contributed by atoms with Crippen LogP contribution >= 0.6 is 0 Å². The van der Waals surface area contributed by atoms with Gasteiger partial charge in [0, 0.05) is 11.4 Å². The van der Waals surface area contributed by atoms with Gasteiger partial charge < -0.3 is 10.2 Å². The summed E-state index contributed by atoms with van der Waals surface area (Å²) in [6.07, 6.45) is 6.61. The molecule has 0 saturated carbocycles. The minimum absolute atomic E-state index is 1.07. The third kappa shape index (κ3) is 1.73. The number of benzene rings is 2. The molecule has 2 aromatic carbocycles. The highest BCUT2D eigenvalue weighted by atomic mass is 15.2. The van der Waals surface area contributed by atoms with Crippen molar-refractivity contribution < 1.29 is 0 Å². The molecule has 0 amide bonds. The van der Waals surface area contributed by atoms with Gasteiger partial charge >= 0.3 is 0 Å². The first-order chi connectivity index (χ1) is 9.93. The zero-order valence-electron chi connectivity index (χ0n) is 11.2. The number of nitrogens with one attached hydrogen (secondary N) is 1. The van der Waals surface area contributed by atoms with Crippen LogP contribution < -0.4 is 10.2 Å². The van der Waals surface area contributed by atoms with Gasteiger partial charge in [0.1, 0.15) is 0 Å². The van der Waals surface area contributed by atoms with E-state index in [2.05, 4.69) is 77.0 Å². The van der Waals surface area contributed by atoms with Crippen LogP contribution in [0, 0.1) is 0 Å². The van der Waals surface area contributed by atoms with Gasteiger partial charge in [0.05, 0.1) is 17.1 Å². The van der Waals surface area contributed by atoms with Crippen molar-refractivity contribution in [2.45, 2.75) is 12.8 Å². The summed E-state index contributed by atoms with van der Waals surface area (Å²) in [7, 11) is 0. The molecule has 0 spiro atoms. The van der Waals surface area contributed by atoms with Crippen LogP contribution in [0.1, 0.15) is 12.8 Å². The van der Waals surface area contributed by atoms with Crippen LogP contribution in [0.25, 0.3) is 0 Å². The molecule has 98 valence electrons. The SMILES string of the molecule is C1=CC2=C(CC1)N(c1ccccc1)c1ccccc1N2. The van der Waals surface area contributed by atoms with Gasteiger partial charge in [-0.3, -0.25) is 0 Å². The molecule has 1 aliphatic carbocycles. The number of hydrogen-bond acceptors (Lipinski definition) is 2. The van der Waals surface area contributed by atoms with Gasteiger partial charge in [-0.15, -0.1) is 0 Å². The predicted molar refractivity (Wildman–Crippen MR) is 84.0 cm³/mol. The van der Waals surface area contributed by atoms with Crippen LogP contribution in [0.15, 0.2) is 78.1 Å². The number of nitrogens with zero attached hydrogens (tertiary/aromatic N) is 1. The molecule has 2 aromatic rings. The molecule has 1 heterocycles. The minimum Gasteiger partial charge on any atom is -0.352 e.